The zero-order valence-corrected chi connectivity index (χ0v) is 10.3. The second kappa shape index (κ2) is 3.71. The maximum absolute atomic E-state index is 6.34. The fraction of sp³-hybridized carbons (Fsp3) is 0.538. The van der Waals surface area contributed by atoms with E-state index in [1.54, 1.807) is 0 Å². The van der Waals surface area contributed by atoms with Crippen LogP contribution in [0.2, 0.25) is 5.02 Å². The summed E-state index contributed by atoms with van der Waals surface area (Å²) in [4.78, 5) is 0. The Labute approximate surface area is 96.4 Å². The number of ether oxygens (including phenoxy) is 1. The molecule has 0 saturated heterocycles. The predicted molar refractivity (Wildman–Crippen MR) is 63.8 cm³/mol. The molecule has 0 amide bonds. The van der Waals surface area contributed by atoms with Gasteiger partial charge >= 0.3 is 0 Å². The van der Waals surface area contributed by atoms with E-state index in [2.05, 4.69) is 26.8 Å². The minimum absolute atomic E-state index is 0.0694. The molecule has 1 aliphatic carbocycles. The molecular formula is C13H17ClO. The van der Waals surface area contributed by atoms with Gasteiger partial charge in [-0.2, -0.15) is 0 Å². The molecule has 1 aromatic rings. The first kappa shape index (κ1) is 10.8. The molecule has 0 radical (unpaired) electrons. The minimum Gasteiger partial charge on any atom is -0.489 e. The second-order valence-corrected chi connectivity index (χ2v) is 5.56. The summed E-state index contributed by atoms with van der Waals surface area (Å²) in [6.45, 7) is 6.49. The molecule has 1 aromatic carbocycles. The van der Waals surface area contributed by atoms with E-state index in [1.165, 1.54) is 0 Å². The molecule has 1 saturated carbocycles. The third-order valence-electron chi connectivity index (χ3n) is 2.59. The third-order valence-corrected chi connectivity index (χ3v) is 2.98. The third kappa shape index (κ3) is 2.46. The molecule has 2 rings (SSSR count). The Morgan fingerprint density at radius 2 is 1.93 bits per heavy atom. The largest absolute Gasteiger partial charge is 0.489 e. The molecule has 15 heavy (non-hydrogen) atoms. The van der Waals surface area contributed by atoms with E-state index < -0.39 is 0 Å². The van der Waals surface area contributed by atoms with Gasteiger partial charge in [0, 0.05) is 0 Å². The average molecular weight is 225 g/mol. The Morgan fingerprint density at radius 1 is 1.27 bits per heavy atom. The first-order valence-electron chi connectivity index (χ1n) is 5.44. The topological polar surface area (TPSA) is 9.23 Å². The zero-order chi connectivity index (χ0) is 11.1. The van der Waals surface area contributed by atoms with Gasteiger partial charge < -0.3 is 4.74 Å². The Morgan fingerprint density at radius 3 is 2.47 bits per heavy atom. The van der Waals surface area contributed by atoms with Crippen LogP contribution in [-0.2, 0) is 5.41 Å². The van der Waals surface area contributed by atoms with Gasteiger partial charge in [-0.25, -0.2) is 0 Å². The Balaban J connectivity index is 2.31. The Kier molecular flexibility index (Phi) is 2.68. The van der Waals surface area contributed by atoms with Gasteiger partial charge in [0.2, 0.25) is 0 Å². The van der Waals surface area contributed by atoms with Crippen LogP contribution in [0.5, 0.6) is 5.75 Å². The van der Waals surface area contributed by atoms with Crippen molar-refractivity contribution >= 4 is 11.6 Å². The van der Waals surface area contributed by atoms with E-state index in [4.69, 9.17) is 16.3 Å². The number of halogens is 1. The monoisotopic (exact) mass is 224 g/mol. The second-order valence-electron chi connectivity index (χ2n) is 5.18. The molecule has 0 aliphatic heterocycles. The maximum Gasteiger partial charge on any atom is 0.138 e. The van der Waals surface area contributed by atoms with Crippen LogP contribution in [0.1, 0.15) is 39.2 Å². The standard InChI is InChI=1S/C13H17ClO/c1-13(2,3)10-5-4-6-11(12(10)14)15-9-7-8-9/h4-6,9H,7-8H2,1-3H3. The predicted octanol–water partition coefficient (Wildman–Crippen LogP) is 4.18. The highest BCUT2D eigenvalue weighted by atomic mass is 35.5. The number of benzene rings is 1. The van der Waals surface area contributed by atoms with Gasteiger partial charge in [-0.3, -0.25) is 0 Å². The highest BCUT2D eigenvalue weighted by Gasteiger charge is 2.26. The molecule has 0 atom stereocenters. The van der Waals surface area contributed by atoms with Crippen molar-refractivity contribution in [3.63, 3.8) is 0 Å². The highest BCUT2D eigenvalue weighted by molar-refractivity contribution is 6.33. The van der Waals surface area contributed by atoms with Crippen LogP contribution < -0.4 is 4.74 Å². The fourth-order valence-electron chi connectivity index (χ4n) is 1.55. The summed E-state index contributed by atoms with van der Waals surface area (Å²) < 4.78 is 5.76. The van der Waals surface area contributed by atoms with Crippen LogP contribution in [0, 0.1) is 0 Å². The van der Waals surface area contributed by atoms with Gasteiger partial charge in [-0.05, 0) is 29.9 Å². The van der Waals surface area contributed by atoms with Crippen molar-refractivity contribution in [3.8, 4) is 5.75 Å². The molecule has 0 aromatic heterocycles. The van der Waals surface area contributed by atoms with Crippen molar-refractivity contribution < 1.29 is 4.74 Å². The Bertz CT molecular complexity index is 361. The smallest absolute Gasteiger partial charge is 0.138 e. The molecule has 1 nitrogen and oxygen atoms in total. The van der Waals surface area contributed by atoms with Crippen molar-refractivity contribution in [2.24, 2.45) is 0 Å². The number of hydrogen-bond acceptors (Lipinski definition) is 1. The molecular weight excluding hydrogens is 208 g/mol. The average Bonchev–Trinajstić information content (AvgIpc) is 2.90. The normalized spacial score (nSPS) is 16.5. The van der Waals surface area contributed by atoms with E-state index in [0.717, 1.165) is 29.2 Å². The molecule has 0 N–H and O–H groups in total. The van der Waals surface area contributed by atoms with Gasteiger partial charge in [-0.15, -0.1) is 0 Å². The molecule has 0 spiro atoms. The van der Waals surface area contributed by atoms with Crippen LogP contribution in [0.25, 0.3) is 0 Å². The van der Waals surface area contributed by atoms with Gasteiger partial charge in [0.05, 0.1) is 11.1 Å². The Hall–Kier alpha value is -0.690. The first-order valence-corrected chi connectivity index (χ1v) is 5.82. The molecule has 2 heteroatoms. The van der Waals surface area contributed by atoms with E-state index in [1.807, 2.05) is 12.1 Å². The van der Waals surface area contributed by atoms with Crippen LogP contribution in [0.15, 0.2) is 18.2 Å². The maximum atomic E-state index is 6.34. The van der Waals surface area contributed by atoms with Gasteiger partial charge in [-0.1, -0.05) is 44.5 Å². The van der Waals surface area contributed by atoms with Crippen LogP contribution >= 0.6 is 11.6 Å². The van der Waals surface area contributed by atoms with Gasteiger partial charge in [0.15, 0.2) is 0 Å². The summed E-state index contributed by atoms with van der Waals surface area (Å²) in [6.07, 6.45) is 2.73. The lowest BCUT2D eigenvalue weighted by molar-refractivity contribution is 0.302. The van der Waals surface area contributed by atoms with Crippen LogP contribution in [0.3, 0.4) is 0 Å². The van der Waals surface area contributed by atoms with E-state index in [0.29, 0.717) is 6.10 Å². The minimum atomic E-state index is 0.0694. The zero-order valence-electron chi connectivity index (χ0n) is 9.51. The highest BCUT2D eigenvalue weighted by Crippen LogP contribution is 2.38. The van der Waals surface area contributed by atoms with Crippen LogP contribution in [-0.4, -0.2) is 6.10 Å². The van der Waals surface area contributed by atoms with Gasteiger partial charge in [0.25, 0.3) is 0 Å². The summed E-state index contributed by atoms with van der Waals surface area (Å²) in [7, 11) is 0. The first-order chi connectivity index (χ1) is 6.98. The fourth-order valence-corrected chi connectivity index (χ4v) is 2.00. The lowest BCUT2D eigenvalue weighted by atomic mass is 9.87. The van der Waals surface area contributed by atoms with Crippen molar-refractivity contribution in [2.45, 2.75) is 45.1 Å². The molecule has 0 bridgehead atoms. The SMILES string of the molecule is CC(C)(C)c1cccc(OC2CC2)c1Cl. The van der Waals surface area contributed by atoms with E-state index >= 15 is 0 Å². The van der Waals surface area contributed by atoms with Gasteiger partial charge in [0.1, 0.15) is 5.75 Å². The van der Waals surface area contributed by atoms with Crippen molar-refractivity contribution in [1.29, 1.82) is 0 Å². The summed E-state index contributed by atoms with van der Waals surface area (Å²) in [5.74, 6) is 0.839. The number of hydrogen-bond donors (Lipinski definition) is 0. The summed E-state index contributed by atoms with van der Waals surface area (Å²) in [5.41, 5.74) is 1.22. The van der Waals surface area contributed by atoms with Crippen LogP contribution in [0.4, 0.5) is 0 Å². The molecule has 1 aliphatic rings. The quantitative estimate of drug-likeness (QED) is 0.733. The van der Waals surface area contributed by atoms with Crippen molar-refractivity contribution in [2.75, 3.05) is 0 Å². The summed E-state index contributed by atoms with van der Waals surface area (Å²) in [6, 6.07) is 6.04. The van der Waals surface area contributed by atoms with Crippen molar-refractivity contribution in [3.05, 3.63) is 28.8 Å². The van der Waals surface area contributed by atoms with E-state index in [9.17, 15) is 0 Å². The summed E-state index contributed by atoms with van der Waals surface area (Å²) in [5, 5.41) is 0.775. The number of rotatable bonds is 2. The molecule has 82 valence electrons. The van der Waals surface area contributed by atoms with E-state index in [-0.39, 0.29) is 5.41 Å². The lowest BCUT2D eigenvalue weighted by Crippen LogP contribution is -2.12. The molecule has 1 fully saturated rings. The van der Waals surface area contributed by atoms with Crippen molar-refractivity contribution in [1.82, 2.24) is 0 Å². The summed E-state index contributed by atoms with van der Waals surface area (Å²) >= 11 is 6.34. The molecule has 0 heterocycles. The lowest BCUT2D eigenvalue weighted by Gasteiger charge is -2.22. The molecule has 0 unspecified atom stereocenters.